The zero-order valence-electron chi connectivity index (χ0n) is 19.8. The van der Waals surface area contributed by atoms with Crippen molar-refractivity contribution in [1.29, 1.82) is 0 Å². The maximum atomic E-state index is 12.5. The van der Waals surface area contributed by atoms with Gasteiger partial charge in [-0.2, -0.15) is 0 Å². The van der Waals surface area contributed by atoms with Gasteiger partial charge in [0.25, 0.3) is 0 Å². The van der Waals surface area contributed by atoms with Crippen molar-refractivity contribution < 1.29 is 23.9 Å². The third kappa shape index (κ3) is 6.30. The van der Waals surface area contributed by atoms with E-state index in [1.54, 1.807) is 20.8 Å². The Balaban J connectivity index is 2.59. The summed E-state index contributed by atoms with van der Waals surface area (Å²) in [5.41, 5.74) is -0.0195. The molecular weight excluding hydrogens is 410 g/mol. The minimum Gasteiger partial charge on any atom is -0.480 e. The maximum Gasteiger partial charge on any atom is 0.408 e. The Morgan fingerprint density at radius 1 is 0.968 bits per heavy atom. The average Bonchev–Trinajstić information content (AvgIpc) is 2.61. The molecule has 31 heavy (non-hydrogen) atoms. The first-order valence-electron chi connectivity index (χ1n) is 10.5. The number of nitrogens with one attached hydrogen (secondary N) is 1. The van der Waals surface area contributed by atoms with Crippen LogP contribution in [-0.2, 0) is 14.0 Å². The third-order valence-electron chi connectivity index (χ3n) is 5.60. The van der Waals surface area contributed by atoms with E-state index in [0.717, 1.165) is 16.3 Å². The number of carboxylic acid groups (broad SMARTS) is 1. The van der Waals surface area contributed by atoms with Gasteiger partial charge >= 0.3 is 12.1 Å². The van der Waals surface area contributed by atoms with Crippen LogP contribution >= 0.6 is 0 Å². The molecule has 2 aromatic carbocycles. The van der Waals surface area contributed by atoms with E-state index in [-0.39, 0.29) is 5.04 Å². The second-order valence-corrected chi connectivity index (χ2v) is 15.1. The van der Waals surface area contributed by atoms with Gasteiger partial charge in [0, 0.05) is 0 Å². The number of amides is 1. The summed E-state index contributed by atoms with van der Waals surface area (Å²) in [6.45, 7) is 15.6. The van der Waals surface area contributed by atoms with Crippen molar-refractivity contribution in [3.8, 4) is 0 Å². The number of carbonyl (C=O) groups excluding carboxylic acids is 1. The monoisotopic (exact) mass is 445 g/mol. The van der Waals surface area contributed by atoms with Gasteiger partial charge in [-0.25, -0.2) is 9.59 Å². The molecule has 0 aromatic heterocycles. The van der Waals surface area contributed by atoms with Crippen LogP contribution in [0.5, 0.6) is 0 Å². The quantitative estimate of drug-likeness (QED) is 0.542. The average molecular weight is 446 g/mol. The summed E-state index contributed by atoms with van der Waals surface area (Å²) >= 11 is 0. The Morgan fingerprint density at radius 2 is 1.55 bits per heavy atom. The fourth-order valence-corrected chi connectivity index (χ4v) is 4.26. The van der Waals surface area contributed by atoms with E-state index in [1.165, 1.54) is 0 Å². The van der Waals surface area contributed by atoms with E-state index in [9.17, 15) is 14.7 Å². The molecule has 1 amide bonds. The molecule has 0 aliphatic rings. The molecule has 0 spiro atoms. The normalized spacial score (nSPS) is 14.7. The summed E-state index contributed by atoms with van der Waals surface area (Å²) in [5, 5.41) is 14.4. The summed E-state index contributed by atoms with van der Waals surface area (Å²) < 4.78 is 12.0. The van der Waals surface area contributed by atoms with Crippen molar-refractivity contribution in [3.05, 3.63) is 48.0 Å². The zero-order chi connectivity index (χ0) is 23.6. The second kappa shape index (κ2) is 9.00. The number of rotatable bonds is 6. The SMILES string of the molecule is CC(C)(C)OC(=O)NC(C(=O)O)C(O[Si](C)(C)C(C)(C)C)c1cccc2ccccc12. The molecule has 170 valence electrons. The molecule has 2 unspecified atom stereocenters. The van der Waals surface area contributed by atoms with E-state index in [1.807, 2.05) is 42.5 Å². The highest BCUT2D eigenvalue weighted by Gasteiger charge is 2.44. The van der Waals surface area contributed by atoms with Crippen molar-refractivity contribution in [2.24, 2.45) is 0 Å². The number of benzene rings is 2. The number of carbonyl (C=O) groups is 2. The fourth-order valence-electron chi connectivity index (χ4n) is 3.01. The molecular formula is C24H35NO5Si. The Kier molecular flexibility index (Phi) is 7.23. The molecule has 0 aliphatic carbocycles. The highest BCUT2D eigenvalue weighted by molar-refractivity contribution is 6.74. The molecule has 7 heteroatoms. The van der Waals surface area contributed by atoms with E-state index in [2.05, 4.69) is 39.2 Å². The minimum atomic E-state index is -2.40. The Labute approximate surface area is 186 Å². The van der Waals surface area contributed by atoms with Crippen LogP contribution in [0.1, 0.15) is 53.2 Å². The van der Waals surface area contributed by atoms with Crippen LogP contribution in [0.3, 0.4) is 0 Å². The highest BCUT2D eigenvalue weighted by Crippen LogP contribution is 2.41. The molecule has 2 rings (SSSR count). The molecule has 6 nitrogen and oxygen atoms in total. The van der Waals surface area contributed by atoms with Gasteiger partial charge in [-0.05, 0) is 55.2 Å². The zero-order valence-corrected chi connectivity index (χ0v) is 20.8. The number of fused-ring (bicyclic) bond motifs is 1. The first-order chi connectivity index (χ1) is 14.1. The second-order valence-electron chi connectivity index (χ2n) is 10.3. The fraction of sp³-hybridized carbons (Fsp3) is 0.500. The van der Waals surface area contributed by atoms with E-state index in [0.29, 0.717) is 0 Å². The van der Waals surface area contributed by atoms with Crippen molar-refractivity contribution in [2.45, 2.75) is 77.4 Å². The molecule has 0 heterocycles. The van der Waals surface area contributed by atoms with Crippen LogP contribution in [0.2, 0.25) is 18.1 Å². The number of carboxylic acids is 1. The lowest BCUT2D eigenvalue weighted by Crippen LogP contribution is -2.51. The lowest BCUT2D eigenvalue weighted by Gasteiger charge is -2.41. The molecule has 0 fully saturated rings. The molecule has 0 bridgehead atoms. The smallest absolute Gasteiger partial charge is 0.408 e. The van der Waals surface area contributed by atoms with Gasteiger partial charge in [0.05, 0.1) is 0 Å². The van der Waals surface area contributed by atoms with Gasteiger partial charge in [-0.15, -0.1) is 0 Å². The maximum absolute atomic E-state index is 12.5. The summed E-state index contributed by atoms with van der Waals surface area (Å²) in [6, 6.07) is 12.2. The van der Waals surface area contributed by atoms with E-state index >= 15 is 0 Å². The van der Waals surface area contributed by atoms with Gasteiger partial charge in [0.2, 0.25) is 0 Å². The Hall–Kier alpha value is -2.38. The van der Waals surface area contributed by atoms with Gasteiger partial charge in [0.15, 0.2) is 14.4 Å². The van der Waals surface area contributed by atoms with Gasteiger partial charge in [-0.1, -0.05) is 63.2 Å². The predicted octanol–water partition coefficient (Wildman–Crippen LogP) is 5.88. The van der Waals surface area contributed by atoms with Gasteiger partial charge in [-0.3, -0.25) is 0 Å². The largest absolute Gasteiger partial charge is 0.480 e. The first-order valence-corrected chi connectivity index (χ1v) is 13.4. The Morgan fingerprint density at radius 3 is 2.10 bits per heavy atom. The standard InChI is InChI=1S/C24H35NO5Si/c1-23(2,3)29-22(28)25-19(21(26)27)20(30-31(7,8)24(4,5)6)18-15-11-13-16-12-9-10-14-17(16)18/h9-15,19-20H,1-8H3,(H,25,28)(H,26,27). The van der Waals surface area contributed by atoms with Crippen molar-refractivity contribution in [1.82, 2.24) is 5.32 Å². The Bertz CT molecular complexity index is 938. The van der Waals surface area contributed by atoms with Crippen LogP contribution < -0.4 is 5.32 Å². The van der Waals surface area contributed by atoms with Crippen LogP contribution in [-0.4, -0.2) is 37.1 Å². The topological polar surface area (TPSA) is 84.9 Å². The van der Waals surface area contributed by atoms with Crippen molar-refractivity contribution in [2.75, 3.05) is 0 Å². The summed E-state index contributed by atoms with van der Waals surface area (Å²) in [7, 11) is -2.40. The number of alkyl carbamates (subject to hydrolysis) is 1. The van der Waals surface area contributed by atoms with Crippen molar-refractivity contribution >= 4 is 31.2 Å². The molecule has 2 aromatic rings. The lowest BCUT2D eigenvalue weighted by atomic mass is 9.96. The van der Waals surface area contributed by atoms with E-state index in [4.69, 9.17) is 9.16 Å². The van der Waals surface area contributed by atoms with Crippen LogP contribution in [0.15, 0.2) is 42.5 Å². The molecule has 0 saturated carbocycles. The van der Waals surface area contributed by atoms with Crippen molar-refractivity contribution in [3.63, 3.8) is 0 Å². The molecule has 2 N–H and O–H groups in total. The van der Waals surface area contributed by atoms with Crippen LogP contribution in [0.25, 0.3) is 10.8 Å². The first kappa shape index (κ1) is 24.9. The number of hydrogen-bond acceptors (Lipinski definition) is 4. The summed E-state index contributed by atoms with van der Waals surface area (Å²) in [5.74, 6) is -1.18. The number of hydrogen-bond donors (Lipinski definition) is 2. The molecule has 0 radical (unpaired) electrons. The predicted molar refractivity (Wildman–Crippen MR) is 126 cm³/mol. The molecule has 0 aliphatic heterocycles. The summed E-state index contributed by atoms with van der Waals surface area (Å²) in [6.07, 6.45) is -1.67. The molecule has 2 atom stereocenters. The number of ether oxygens (including phenoxy) is 1. The highest BCUT2D eigenvalue weighted by atomic mass is 28.4. The van der Waals surface area contributed by atoms with E-state index < -0.39 is 38.1 Å². The van der Waals surface area contributed by atoms with Gasteiger partial charge < -0.3 is 19.6 Å². The molecule has 0 saturated heterocycles. The summed E-state index contributed by atoms with van der Waals surface area (Å²) in [4.78, 5) is 24.8. The minimum absolute atomic E-state index is 0.148. The van der Waals surface area contributed by atoms with Gasteiger partial charge in [0.1, 0.15) is 11.7 Å². The lowest BCUT2D eigenvalue weighted by molar-refractivity contribution is -0.142. The van der Waals surface area contributed by atoms with Crippen LogP contribution in [0, 0.1) is 0 Å². The number of aliphatic carboxylic acids is 1. The third-order valence-corrected chi connectivity index (χ3v) is 10.1. The van der Waals surface area contributed by atoms with Crippen LogP contribution in [0.4, 0.5) is 4.79 Å².